The fraction of sp³-hybridized carbons (Fsp3) is 0.333. The standard InChI is InChI=1S/C17H17ClF3N5O2.CH2O2/c1-16(17(20,21)8-28-7-13(22)24-16)10-5-9(3-4-12(10)19)23-15(27)14-11(18)6-26(2)25-14;2-1-3/h3-6H,7-8H2,1-2H3,(H2,22,24)(H,23,27);1H,(H,2,3). The van der Waals surface area contributed by atoms with Crippen LogP contribution in [0.15, 0.2) is 29.4 Å². The number of ether oxygens (including phenoxy) is 1. The molecule has 1 aliphatic rings. The zero-order valence-corrected chi connectivity index (χ0v) is 17.2. The molecule has 31 heavy (non-hydrogen) atoms. The molecule has 0 spiro atoms. The Balaban J connectivity index is 0.00000107. The van der Waals surface area contributed by atoms with Crippen molar-refractivity contribution in [3.63, 3.8) is 0 Å². The number of aromatic nitrogens is 2. The van der Waals surface area contributed by atoms with E-state index >= 15 is 0 Å². The highest BCUT2D eigenvalue weighted by Gasteiger charge is 2.54. The van der Waals surface area contributed by atoms with Crippen LogP contribution < -0.4 is 11.1 Å². The largest absolute Gasteiger partial charge is 0.483 e. The van der Waals surface area contributed by atoms with Crippen molar-refractivity contribution < 1.29 is 32.6 Å². The molecule has 0 saturated carbocycles. The van der Waals surface area contributed by atoms with Crippen LogP contribution in [0.3, 0.4) is 0 Å². The lowest BCUT2D eigenvalue weighted by atomic mass is 9.85. The molecule has 13 heteroatoms. The SMILES string of the molecule is Cn1cc(Cl)c(C(=O)Nc2ccc(F)c(C3(C)N=C(N)COCC3(F)F)c2)n1.O=CO. The number of hydrogen-bond donors (Lipinski definition) is 3. The Labute approximate surface area is 179 Å². The zero-order valence-electron chi connectivity index (χ0n) is 16.4. The molecule has 3 rings (SSSR count). The first-order chi connectivity index (χ1) is 14.4. The molecule has 1 aliphatic heterocycles. The number of rotatable bonds is 3. The topological polar surface area (TPSA) is 132 Å². The van der Waals surface area contributed by atoms with Gasteiger partial charge in [0.05, 0.1) is 5.02 Å². The quantitative estimate of drug-likeness (QED) is 0.601. The first-order valence-corrected chi connectivity index (χ1v) is 9.01. The van der Waals surface area contributed by atoms with Gasteiger partial charge in [0, 0.05) is 24.5 Å². The number of benzene rings is 1. The predicted octanol–water partition coefficient (Wildman–Crippen LogP) is 2.40. The lowest BCUT2D eigenvalue weighted by Gasteiger charge is -2.33. The van der Waals surface area contributed by atoms with Gasteiger partial charge >= 0.3 is 0 Å². The number of aliphatic imine (C=N–C) groups is 1. The van der Waals surface area contributed by atoms with Crippen molar-refractivity contribution in [2.75, 3.05) is 18.5 Å². The van der Waals surface area contributed by atoms with E-state index in [2.05, 4.69) is 15.4 Å². The molecule has 1 unspecified atom stereocenters. The van der Waals surface area contributed by atoms with Crippen molar-refractivity contribution in [1.29, 1.82) is 0 Å². The van der Waals surface area contributed by atoms with E-state index < -0.39 is 35.4 Å². The number of hydrogen-bond acceptors (Lipinski definition) is 6. The Bertz CT molecular complexity index is 1010. The van der Waals surface area contributed by atoms with Crippen LogP contribution in [0, 0.1) is 5.82 Å². The summed E-state index contributed by atoms with van der Waals surface area (Å²) in [4.78, 5) is 24.5. The van der Waals surface area contributed by atoms with Gasteiger partial charge in [0.25, 0.3) is 18.3 Å². The fourth-order valence-corrected chi connectivity index (χ4v) is 3.13. The lowest BCUT2D eigenvalue weighted by molar-refractivity contribution is -0.122. The van der Waals surface area contributed by atoms with E-state index in [9.17, 15) is 18.0 Å². The van der Waals surface area contributed by atoms with Gasteiger partial charge in [0.15, 0.2) is 11.2 Å². The molecular weight excluding hydrogens is 443 g/mol. The average molecular weight is 462 g/mol. The molecule has 168 valence electrons. The van der Waals surface area contributed by atoms with Crippen LogP contribution in [-0.2, 0) is 22.1 Å². The minimum atomic E-state index is -3.54. The molecule has 1 atom stereocenters. The highest BCUT2D eigenvalue weighted by Crippen LogP contribution is 2.44. The maximum absolute atomic E-state index is 14.7. The van der Waals surface area contributed by atoms with Gasteiger partial charge in [0.1, 0.15) is 24.9 Å². The number of carbonyl (C=O) groups excluding carboxylic acids is 1. The second kappa shape index (κ2) is 9.35. The van der Waals surface area contributed by atoms with Crippen molar-refractivity contribution in [2.24, 2.45) is 17.8 Å². The lowest BCUT2D eigenvalue weighted by Crippen LogP contribution is -2.45. The van der Waals surface area contributed by atoms with Crippen LogP contribution >= 0.6 is 11.6 Å². The summed E-state index contributed by atoms with van der Waals surface area (Å²) in [7, 11) is 1.58. The number of amidine groups is 1. The van der Waals surface area contributed by atoms with Gasteiger partial charge in [-0.3, -0.25) is 19.3 Å². The molecule has 1 aromatic carbocycles. The second-order valence-electron chi connectivity index (χ2n) is 6.63. The van der Waals surface area contributed by atoms with E-state index in [0.717, 1.165) is 19.1 Å². The minimum Gasteiger partial charge on any atom is -0.483 e. The number of nitrogens with zero attached hydrogens (tertiary/aromatic N) is 3. The molecule has 0 bridgehead atoms. The van der Waals surface area contributed by atoms with Crippen molar-refractivity contribution >= 4 is 35.5 Å². The van der Waals surface area contributed by atoms with Gasteiger partial charge in [-0.05, 0) is 25.1 Å². The van der Waals surface area contributed by atoms with Crippen LogP contribution in [0.25, 0.3) is 0 Å². The molecule has 1 amide bonds. The van der Waals surface area contributed by atoms with Crippen molar-refractivity contribution in [3.8, 4) is 0 Å². The highest BCUT2D eigenvalue weighted by atomic mass is 35.5. The summed E-state index contributed by atoms with van der Waals surface area (Å²) >= 11 is 5.93. The maximum atomic E-state index is 14.7. The molecule has 0 fully saturated rings. The van der Waals surface area contributed by atoms with Crippen molar-refractivity contribution in [1.82, 2.24) is 9.78 Å². The van der Waals surface area contributed by atoms with Gasteiger partial charge < -0.3 is 20.9 Å². The molecule has 2 heterocycles. The van der Waals surface area contributed by atoms with Crippen LogP contribution in [0.1, 0.15) is 23.0 Å². The Morgan fingerprint density at radius 3 is 2.68 bits per heavy atom. The summed E-state index contributed by atoms with van der Waals surface area (Å²) in [5.74, 6) is -5.32. The monoisotopic (exact) mass is 461 g/mol. The van der Waals surface area contributed by atoms with Crippen LogP contribution in [0.2, 0.25) is 5.02 Å². The van der Waals surface area contributed by atoms with E-state index in [4.69, 9.17) is 32.0 Å². The first kappa shape index (κ1) is 24.2. The van der Waals surface area contributed by atoms with E-state index in [-0.39, 0.29) is 35.3 Å². The molecule has 0 saturated heterocycles. The van der Waals surface area contributed by atoms with E-state index in [1.807, 2.05) is 0 Å². The minimum absolute atomic E-state index is 0.0586. The highest BCUT2D eigenvalue weighted by molar-refractivity contribution is 6.34. The smallest absolute Gasteiger partial charge is 0.299 e. The summed E-state index contributed by atoms with van der Waals surface area (Å²) in [5.41, 5.74) is 2.86. The number of carbonyl (C=O) groups is 2. The number of anilines is 1. The Morgan fingerprint density at radius 1 is 1.45 bits per heavy atom. The first-order valence-electron chi connectivity index (χ1n) is 8.63. The molecule has 2 aromatic rings. The number of carboxylic acid groups (broad SMARTS) is 1. The summed E-state index contributed by atoms with van der Waals surface area (Å²) in [6, 6.07) is 3.28. The second-order valence-corrected chi connectivity index (χ2v) is 7.03. The average Bonchev–Trinajstić information content (AvgIpc) is 2.96. The van der Waals surface area contributed by atoms with Crippen molar-refractivity contribution in [2.45, 2.75) is 18.4 Å². The molecule has 4 N–H and O–H groups in total. The molecule has 1 aromatic heterocycles. The molecule has 0 radical (unpaired) electrons. The predicted molar refractivity (Wildman–Crippen MR) is 106 cm³/mol. The van der Waals surface area contributed by atoms with Gasteiger partial charge in [-0.15, -0.1) is 0 Å². The van der Waals surface area contributed by atoms with Crippen molar-refractivity contribution in [3.05, 3.63) is 46.5 Å². The van der Waals surface area contributed by atoms with E-state index in [0.29, 0.717) is 0 Å². The van der Waals surface area contributed by atoms with Crippen LogP contribution in [0.5, 0.6) is 0 Å². The third-order valence-electron chi connectivity index (χ3n) is 4.36. The number of nitrogens with two attached hydrogens (primary N) is 1. The third kappa shape index (κ3) is 5.14. The van der Waals surface area contributed by atoms with Gasteiger partial charge in [0.2, 0.25) is 0 Å². The van der Waals surface area contributed by atoms with Crippen LogP contribution in [-0.4, -0.2) is 52.2 Å². The summed E-state index contributed by atoms with van der Waals surface area (Å²) in [6.07, 6.45) is 1.43. The van der Waals surface area contributed by atoms with Gasteiger partial charge in [-0.2, -0.15) is 5.10 Å². The number of amides is 1. The Hall–Kier alpha value is -3.12. The Morgan fingerprint density at radius 2 is 2.10 bits per heavy atom. The summed E-state index contributed by atoms with van der Waals surface area (Å²) in [6.45, 7) is -0.456. The number of halogens is 4. The summed E-state index contributed by atoms with van der Waals surface area (Å²) in [5, 5.41) is 13.4. The number of aryl methyl sites for hydroxylation is 1. The zero-order chi connectivity index (χ0) is 23.4. The van der Waals surface area contributed by atoms with Crippen LogP contribution in [0.4, 0.5) is 18.9 Å². The molecule has 0 aliphatic carbocycles. The normalized spacial score (nSPS) is 20.0. The molecule has 9 nitrogen and oxygen atoms in total. The third-order valence-corrected chi connectivity index (χ3v) is 4.64. The summed E-state index contributed by atoms with van der Waals surface area (Å²) < 4.78 is 50.1. The van der Waals surface area contributed by atoms with E-state index in [1.165, 1.54) is 16.9 Å². The number of alkyl halides is 2. The Kier molecular flexibility index (Phi) is 7.28. The van der Waals surface area contributed by atoms with Gasteiger partial charge in [-0.1, -0.05) is 11.6 Å². The fourth-order valence-electron chi connectivity index (χ4n) is 2.86. The maximum Gasteiger partial charge on any atom is 0.299 e. The van der Waals surface area contributed by atoms with E-state index in [1.54, 1.807) is 7.05 Å². The molecular formula is C18H19ClF3N5O4. The number of nitrogens with one attached hydrogen (secondary N) is 1. The van der Waals surface area contributed by atoms with Gasteiger partial charge in [-0.25, -0.2) is 13.2 Å².